The molecule has 1 aliphatic rings. The number of ether oxygens (including phenoxy) is 1. The van der Waals surface area contributed by atoms with Crippen molar-refractivity contribution in [3.05, 3.63) is 52.2 Å². The fourth-order valence-corrected chi connectivity index (χ4v) is 2.99. The zero-order chi connectivity index (χ0) is 18.9. The maximum Gasteiger partial charge on any atom is 0.422 e. The molecule has 0 amide bonds. The van der Waals surface area contributed by atoms with Gasteiger partial charge in [0.15, 0.2) is 12.4 Å². The Hall–Kier alpha value is -2.26. The van der Waals surface area contributed by atoms with Crippen molar-refractivity contribution in [1.29, 1.82) is 0 Å². The van der Waals surface area contributed by atoms with Gasteiger partial charge in [-0.15, -0.1) is 0 Å². The number of fused-ring (bicyclic) bond motifs is 1. The zero-order valence-corrected chi connectivity index (χ0v) is 13.9. The molecule has 0 fully saturated rings. The molecule has 3 rings (SSSR count). The molecule has 0 N–H and O–H groups in total. The molecule has 2 aromatic heterocycles. The van der Waals surface area contributed by atoms with E-state index in [1.54, 1.807) is 11.0 Å². The van der Waals surface area contributed by atoms with E-state index in [0.29, 0.717) is 17.7 Å². The van der Waals surface area contributed by atoms with Crippen molar-refractivity contribution >= 4 is 17.9 Å². The van der Waals surface area contributed by atoms with Crippen LogP contribution in [-0.2, 0) is 17.9 Å². The van der Waals surface area contributed by atoms with Gasteiger partial charge in [-0.05, 0) is 23.3 Å². The summed E-state index contributed by atoms with van der Waals surface area (Å²) in [5.74, 6) is -1.74. The summed E-state index contributed by atoms with van der Waals surface area (Å²) >= 11 is 6.04. The second-order valence-corrected chi connectivity index (χ2v) is 6.05. The number of halogens is 5. The highest BCUT2D eigenvalue weighted by atomic mass is 35.5. The minimum atomic E-state index is -4.58. The number of carbonyl (C=O) groups is 1. The van der Waals surface area contributed by atoms with Gasteiger partial charge in [-0.25, -0.2) is 14.4 Å². The lowest BCUT2D eigenvalue weighted by Crippen LogP contribution is -2.23. The van der Waals surface area contributed by atoms with Crippen LogP contribution in [0, 0.1) is 5.82 Å². The van der Waals surface area contributed by atoms with E-state index < -0.39 is 30.5 Å². The Morgan fingerprint density at radius 2 is 2.15 bits per heavy atom. The molecule has 138 valence electrons. The van der Waals surface area contributed by atoms with Gasteiger partial charge in [0.1, 0.15) is 11.4 Å². The summed E-state index contributed by atoms with van der Waals surface area (Å²) in [6.07, 6.45) is -1.14. The Morgan fingerprint density at radius 3 is 2.81 bits per heavy atom. The summed E-state index contributed by atoms with van der Waals surface area (Å²) in [7, 11) is 0. The summed E-state index contributed by atoms with van der Waals surface area (Å²) in [5, 5.41) is 0.289. The van der Waals surface area contributed by atoms with Crippen LogP contribution in [0.25, 0.3) is 0 Å². The Bertz CT molecular complexity index is 832. The van der Waals surface area contributed by atoms with E-state index in [1.807, 2.05) is 0 Å². The monoisotopic (exact) mass is 389 g/mol. The van der Waals surface area contributed by atoms with Gasteiger partial charge in [0.2, 0.25) is 0 Å². The number of hydrogen-bond acceptors (Lipinski definition) is 5. The molecule has 1 aliphatic heterocycles. The molecular weight excluding hydrogens is 378 g/mol. The summed E-state index contributed by atoms with van der Waals surface area (Å²) in [6.45, 7) is -1.15. The fourth-order valence-electron chi connectivity index (χ4n) is 2.77. The van der Waals surface area contributed by atoms with Crippen molar-refractivity contribution < 1.29 is 27.1 Å². The largest absolute Gasteiger partial charge is 0.466 e. The van der Waals surface area contributed by atoms with E-state index >= 15 is 0 Å². The highest BCUT2D eigenvalue weighted by molar-refractivity contribution is 6.30. The quantitative estimate of drug-likeness (QED) is 0.445. The van der Waals surface area contributed by atoms with Crippen LogP contribution < -0.4 is 4.74 Å². The molecule has 1 unspecified atom stereocenters. The van der Waals surface area contributed by atoms with Gasteiger partial charge in [0, 0.05) is 31.0 Å². The number of pyridine rings is 2. The van der Waals surface area contributed by atoms with Gasteiger partial charge in [-0.3, -0.25) is 4.90 Å². The van der Waals surface area contributed by atoms with Crippen LogP contribution in [0.4, 0.5) is 17.6 Å². The lowest BCUT2D eigenvalue weighted by atomic mass is 10.1. The Morgan fingerprint density at radius 1 is 1.38 bits per heavy atom. The summed E-state index contributed by atoms with van der Waals surface area (Å²) in [4.78, 5) is 20.8. The van der Waals surface area contributed by atoms with Crippen LogP contribution in [0.3, 0.4) is 0 Å². The van der Waals surface area contributed by atoms with Gasteiger partial charge in [-0.1, -0.05) is 11.6 Å². The van der Waals surface area contributed by atoms with Gasteiger partial charge in [0.25, 0.3) is 5.88 Å². The van der Waals surface area contributed by atoms with Crippen LogP contribution in [-0.4, -0.2) is 33.9 Å². The SMILES string of the molecule is O=CC1c2ccnc(Cl)c2CN1Cc1cnc(OCC(F)(F)F)c(F)c1. The first-order valence-electron chi connectivity index (χ1n) is 7.45. The molecule has 0 bridgehead atoms. The first-order valence-corrected chi connectivity index (χ1v) is 7.83. The first kappa shape index (κ1) is 18.5. The third-order valence-electron chi connectivity index (χ3n) is 3.86. The molecule has 0 spiro atoms. The van der Waals surface area contributed by atoms with Crippen molar-refractivity contribution in [3.8, 4) is 5.88 Å². The maximum atomic E-state index is 13.9. The number of nitrogens with zero attached hydrogens (tertiary/aromatic N) is 3. The molecule has 0 saturated carbocycles. The first-order chi connectivity index (χ1) is 12.3. The van der Waals surface area contributed by atoms with Crippen LogP contribution in [0.15, 0.2) is 24.5 Å². The average molecular weight is 390 g/mol. The number of aldehydes is 1. The van der Waals surface area contributed by atoms with Crippen molar-refractivity contribution in [1.82, 2.24) is 14.9 Å². The lowest BCUT2D eigenvalue weighted by molar-refractivity contribution is -0.154. The smallest absolute Gasteiger partial charge is 0.422 e. The molecule has 0 saturated heterocycles. The van der Waals surface area contributed by atoms with Crippen molar-refractivity contribution in [2.45, 2.75) is 25.3 Å². The predicted octanol–water partition coefficient (Wildman–Crippen LogP) is 3.47. The number of rotatable bonds is 5. The fraction of sp³-hybridized carbons (Fsp3) is 0.312. The van der Waals surface area contributed by atoms with E-state index in [-0.39, 0.29) is 11.7 Å². The van der Waals surface area contributed by atoms with Crippen molar-refractivity contribution in [3.63, 3.8) is 0 Å². The minimum Gasteiger partial charge on any atom is -0.466 e. The molecule has 5 nitrogen and oxygen atoms in total. The molecule has 2 aromatic rings. The molecule has 10 heteroatoms. The van der Waals surface area contributed by atoms with E-state index in [4.69, 9.17) is 11.6 Å². The average Bonchev–Trinajstić information content (AvgIpc) is 2.92. The third kappa shape index (κ3) is 3.94. The highest BCUT2D eigenvalue weighted by Crippen LogP contribution is 2.36. The topological polar surface area (TPSA) is 55.3 Å². The second kappa shape index (κ2) is 7.16. The highest BCUT2D eigenvalue weighted by Gasteiger charge is 2.32. The molecule has 26 heavy (non-hydrogen) atoms. The third-order valence-corrected chi connectivity index (χ3v) is 4.19. The molecule has 0 radical (unpaired) electrons. The van der Waals surface area contributed by atoms with Crippen LogP contribution in [0.1, 0.15) is 22.7 Å². The Balaban J connectivity index is 1.74. The summed E-state index contributed by atoms with van der Waals surface area (Å²) in [5.41, 5.74) is 1.81. The van der Waals surface area contributed by atoms with Gasteiger partial charge >= 0.3 is 6.18 Å². The number of aromatic nitrogens is 2. The van der Waals surface area contributed by atoms with Crippen molar-refractivity contribution in [2.75, 3.05) is 6.61 Å². The number of hydrogen-bond donors (Lipinski definition) is 0. The molecular formula is C16H12ClF4N3O2. The number of alkyl halides is 3. The minimum absolute atomic E-state index is 0.151. The van der Waals surface area contributed by atoms with E-state index in [9.17, 15) is 22.4 Å². The molecule has 0 aromatic carbocycles. The maximum absolute atomic E-state index is 13.9. The molecule has 1 atom stereocenters. The van der Waals surface area contributed by atoms with Crippen LogP contribution in [0.5, 0.6) is 5.88 Å². The van der Waals surface area contributed by atoms with Gasteiger partial charge in [0.05, 0.1) is 6.04 Å². The summed E-state index contributed by atoms with van der Waals surface area (Å²) < 4.78 is 54.7. The predicted molar refractivity (Wildman–Crippen MR) is 83.0 cm³/mol. The van der Waals surface area contributed by atoms with E-state index in [2.05, 4.69) is 14.7 Å². The van der Waals surface area contributed by atoms with E-state index in [0.717, 1.165) is 17.9 Å². The van der Waals surface area contributed by atoms with E-state index in [1.165, 1.54) is 12.4 Å². The zero-order valence-electron chi connectivity index (χ0n) is 13.1. The van der Waals surface area contributed by atoms with Crippen molar-refractivity contribution in [2.24, 2.45) is 0 Å². The lowest BCUT2D eigenvalue weighted by Gasteiger charge is -2.20. The Labute approximate surface area is 150 Å². The van der Waals surface area contributed by atoms with Gasteiger partial charge < -0.3 is 9.53 Å². The summed E-state index contributed by atoms with van der Waals surface area (Å²) in [6, 6.07) is 2.14. The van der Waals surface area contributed by atoms with Crippen LogP contribution >= 0.6 is 11.6 Å². The normalized spacial score (nSPS) is 17.2. The molecule has 3 heterocycles. The van der Waals surface area contributed by atoms with Gasteiger partial charge in [-0.2, -0.15) is 13.2 Å². The number of carbonyl (C=O) groups excluding carboxylic acids is 1. The standard InChI is InChI=1S/C16H12ClF4N3O2/c17-14-11-6-24(13(7-25)10(11)1-2-22-14)5-9-3-12(18)15(23-4-9)26-8-16(19,20)21/h1-4,7,13H,5-6,8H2. The second-order valence-electron chi connectivity index (χ2n) is 5.69. The Kier molecular flexibility index (Phi) is 5.10. The van der Waals surface area contributed by atoms with Crippen LogP contribution in [0.2, 0.25) is 5.15 Å². The molecule has 0 aliphatic carbocycles.